The molecule has 1 aromatic rings. The van der Waals surface area contributed by atoms with Crippen LogP contribution in [-0.2, 0) is 6.18 Å². The molecule has 0 spiro atoms. The molecule has 1 N–H and O–H groups in total. The SMILES string of the molecule is CC/C(=C(\C)C1CCCC1)C(O)c1ccc(C(F)(F)F)cc1. The van der Waals surface area contributed by atoms with Gasteiger partial charge >= 0.3 is 6.18 Å². The highest BCUT2D eigenvalue weighted by Gasteiger charge is 2.30. The van der Waals surface area contributed by atoms with Crippen molar-refractivity contribution in [3.63, 3.8) is 0 Å². The van der Waals surface area contributed by atoms with Crippen molar-refractivity contribution in [2.75, 3.05) is 0 Å². The first kappa shape index (κ1) is 17.1. The van der Waals surface area contributed by atoms with E-state index < -0.39 is 17.8 Å². The van der Waals surface area contributed by atoms with Gasteiger partial charge in [-0.05, 0) is 55.4 Å². The van der Waals surface area contributed by atoms with Crippen molar-refractivity contribution in [2.24, 2.45) is 5.92 Å². The van der Waals surface area contributed by atoms with Crippen LogP contribution in [0.2, 0.25) is 0 Å². The summed E-state index contributed by atoms with van der Waals surface area (Å²) in [4.78, 5) is 0. The Morgan fingerprint density at radius 2 is 1.73 bits per heavy atom. The summed E-state index contributed by atoms with van der Waals surface area (Å²) >= 11 is 0. The van der Waals surface area contributed by atoms with Crippen LogP contribution in [0.1, 0.15) is 63.2 Å². The van der Waals surface area contributed by atoms with Gasteiger partial charge in [0.05, 0.1) is 5.56 Å². The van der Waals surface area contributed by atoms with Crippen LogP contribution in [0.3, 0.4) is 0 Å². The van der Waals surface area contributed by atoms with E-state index in [2.05, 4.69) is 6.92 Å². The fourth-order valence-electron chi connectivity index (χ4n) is 3.36. The van der Waals surface area contributed by atoms with Gasteiger partial charge in [-0.25, -0.2) is 0 Å². The third-order valence-corrected chi connectivity index (χ3v) is 4.74. The van der Waals surface area contributed by atoms with E-state index in [4.69, 9.17) is 0 Å². The Balaban J connectivity index is 2.24. The molecule has 0 aromatic heterocycles. The van der Waals surface area contributed by atoms with Gasteiger partial charge in [0.25, 0.3) is 0 Å². The van der Waals surface area contributed by atoms with Crippen LogP contribution in [0.15, 0.2) is 35.4 Å². The maximum Gasteiger partial charge on any atom is 0.416 e. The van der Waals surface area contributed by atoms with Crippen LogP contribution in [-0.4, -0.2) is 5.11 Å². The lowest BCUT2D eigenvalue weighted by atomic mass is 9.88. The number of rotatable bonds is 4. The summed E-state index contributed by atoms with van der Waals surface area (Å²) in [6.45, 7) is 4.04. The third-order valence-electron chi connectivity index (χ3n) is 4.74. The molecule has 1 unspecified atom stereocenters. The van der Waals surface area contributed by atoms with Gasteiger partial charge in [-0.15, -0.1) is 0 Å². The lowest BCUT2D eigenvalue weighted by Crippen LogP contribution is -2.09. The molecule has 4 heteroatoms. The van der Waals surface area contributed by atoms with E-state index >= 15 is 0 Å². The van der Waals surface area contributed by atoms with Crippen LogP contribution in [0, 0.1) is 5.92 Å². The minimum absolute atomic E-state index is 0.513. The molecule has 2 rings (SSSR count). The van der Waals surface area contributed by atoms with Crippen molar-refractivity contribution < 1.29 is 18.3 Å². The predicted molar refractivity (Wildman–Crippen MR) is 81.4 cm³/mol. The number of benzene rings is 1. The average Bonchev–Trinajstić information content (AvgIpc) is 3.01. The predicted octanol–water partition coefficient (Wildman–Crippen LogP) is 5.66. The van der Waals surface area contributed by atoms with E-state index in [1.54, 1.807) is 0 Å². The molecule has 0 bridgehead atoms. The van der Waals surface area contributed by atoms with E-state index in [-0.39, 0.29) is 0 Å². The van der Waals surface area contributed by atoms with Gasteiger partial charge in [-0.1, -0.05) is 37.5 Å². The van der Waals surface area contributed by atoms with Crippen molar-refractivity contribution in [2.45, 2.75) is 58.2 Å². The molecule has 0 aliphatic heterocycles. The molecule has 1 atom stereocenters. The Bertz CT molecular complexity index is 522. The van der Waals surface area contributed by atoms with E-state index in [0.29, 0.717) is 17.9 Å². The first-order valence-electron chi connectivity index (χ1n) is 7.89. The largest absolute Gasteiger partial charge is 0.416 e. The highest BCUT2D eigenvalue weighted by molar-refractivity contribution is 5.32. The average molecular weight is 312 g/mol. The molecule has 0 radical (unpaired) electrons. The lowest BCUT2D eigenvalue weighted by molar-refractivity contribution is -0.137. The number of aliphatic hydroxyl groups excluding tert-OH is 1. The van der Waals surface area contributed by atoms with Gasteiger partial charge in [0.2, 0.25) is 0 Å². The standard InChI is InChI=1S/C18H23F3O/c1-3-16(12(2)13-6-4-5-7-13)17(22)14-8-10-15(11-9-14)18(19,20)21/h8-11,13,17,22H,3-7H2,1-2H3/b16-12-. The first-order chi connectivity index (χ1) is 10.3. The lowest BCUT2D eigenvalue weighted by Gasteiger charge is -2.21. The second kappa shape index (κ2) is 6.86. The maximum absolute atomic E-state index is 12.6. The van der Waals surface area contributed by atoms with Crippen LogP contribution >= 0.6 is 0 Å². The summed E-state index contributed by atoms with van der Waals surface area (Å²) < 4.78 is 37.8. The summed E-state index contributed by atoms with van der Waals surface area (Å²) in [6, 6.07) is 4.84. The molecule has 0 heterocycles. The van der Waals surface area contributed by atoms with E-state index in [1.165, 1.54) is 30.5 Å². The van der Waals surface area contributed by atoms with Gasteiger partial charge in [0.15, 0.2) is 0 Å². The number of hydrogen-bond acceptors (Lipinski definition) is 1. The molecule has 22 heavy (non-hydrogen) atoms. The molecule has 1 fully saturated rings. The first-order valence-corrected chi connectivity index (χ1v) is 7.89. The van der Waals surface area contributed by atoms with E-state index in [0.717, 1.165) is 30.5 Å². The molecule has 1 aliphatic carbocycles. The second-order valence-corrected chi connectivity index (χ2v) is 6.07. The zero-order valence-electron chi connectivity index (χ0n) is 13.1. The van der Waals surface area contributed by atoms with Gasteiger partial charge in [0.1, 0.15) is 6.10 Å². The molecule has 1 aliphatic rings. The van der Waals surface area contributed by atoms with E-state index in [9.17, 15) is 18.3 Å². The van der Waals surface area contributed by atoms with Crippen LogP contribution in [0.4, 0.5) is 13.2 Å². The minimum Gasteiger partial charge on any atom is -0.384 e. The number of halogens is 3. The van der Waals surface area contributed by atoms with Gasteiger partial charge in [0, 0.05) is 0 Å². The monoisotopic (exact) mass is 312 g/mol. The summed E-state index contributed by atoms with van der Waals surface area (Å²) in [6.07, 6.45) is 0.291. The summed E-state index contributed by atoms with van der Waals surface area (Å²) in [7, 11) is 0. The maximum atomic E-state index is 12.6. The fourth-order valence-corrected chi connectivity index (χ4v) is 3.36. The second-order valence-electron chi connectivity index (χ2n) is 6.07. The molecule has 0 amide bonds. The minimum atomic E-state index is -4.34. The van der Waals surface area contributed by atoms with Crippen molar-refractivity contribution >= 4 is 0 Å². The Hall–Kier alpha value is -1.29. The van der Waals surface area contributed by atoms with Crippen molar-refractivity contribution in [1.29, 1.82) is 0 Å². The molecular formula is C18H23F3O. The molecule has 1 nitrogen and oxygen atoms in total. The molecule has 0 saturated heterocycles. The van der Waals surface area contributed by atoms with Crippen molar-refractivity contribution in [3.8, 4) is 0 Å². The number of hydrogen-bond donors (Lipinski definition) is 1. The van der Waals surface area contributed by atoms with Crippen LogP contribution < -0.4 is 0 Å². The number of alkyl halides is 3. The number of aliphatic hydroxyl groups is 1. The summed E-state index contributed by atoms with van der Waals surface area (Å²) in [5.41, 5.74) is 2.01. The van der Waals surface area contributed by atoms with Crippen LogP contribution in [0.5, 0.6) is 0 Å². The molecule has 1 saturated carbocycles. The van der Waals surface area contributed by atoms with E-state index in [1.807, 2.05) is 6.92 Å². The Kier molecular flexibility index (Phi) is 5.32. The molecule has 1 aromatic carbocycles. The summed E-state index contributed by atoms with van der Waals surface area (Å²) in [5, 5.41) is 10.6. The highest BCUT2D eigenvalue weighted by Crippen LogP contribution is 2.37. The Morgan fingerprint density at radius 1 is 1.18 bits per heavy atom. The number of allylic oxidation sites excluding steroid dienone is 1. The van der Waals surface area contributed by atoms with Crippen molar-refractivity contribution in [1.82, 2.24) is 0 Å². The Morgan fingerprint density at radius 3 is 2.18 bits per heavy atom. The normalized spacial score (nSPS) is 19.2. The van der Waals surface area contributed by atoms with Crippen molar-refractivity contribution in [3.05, 3.63) is 46.5 Å². The summed E-state index contributed by atoms with van der Waals surface area (Å²) in [5.74, 6) is 0.513. The zero-order chi connectivity index (χ0) is 16.3. The third kappa shape index (κ3) is 3.72. The zero-order valence-corrected chi connectivity index (χ0v) is 13.1. The van der Waals surface area contributed by atoms with Gasteiger partial charge in [-0.3, -0.25) is 0 Å². The fraction of sp³-hybridized carbons (Fsp3) is 0.556. The quantitative estimate of drug-likeness (QED) is 0.712. The molecular weight excluding hydrogens is 289 g/mol. The van der Waals surface area contributed by atoms with Gasteiger partial charge < -0.3 is 5.11 Å². The highest BCUT2D eigenvalue weighted by atomic mass is 19.4. The topological polar surface area (TPSA) is 20.2 Å². The Labute approximate surface area is 129 Å². The molecule has 122 valence electrons. The van der Waals surface area contributed by atoms with Crippen LogP contribution in [0.25, 0.3) is 0 Å². The van der Waals surface area contributed by atoms with Gasteiger partial charge in [-0.2, -0.15) is 13.2 Å². The smallest absolute Gasteiger partial charge is 0.384 e.